The monoisotopic (exact) mass is 431 g/mol. The van der Waals surface area contributed by atoms with Crippen molar-refractivity contribution in [1.82, 2.24) is 19.7 Å². The molecule has 4 aromatic rings. The highest BCUT2D eigenvalue weighted by Crippen LogP contribution is 2.20. The van der Waals surface area contributed by atoms with Crippen LogP contribution in [0.1, 0.15) is 12.0 Å². The molecule has 0 saturated heterocycles. The second-order valence-corrected chi connectivity index (χ2v) is 7.41. The zero-order valence-electron chi connectivity index (χ0n) is 17.8. The van der Waals surface area contributed by atoms with Crippen molar-refractivity contribution in [2.75, 3.05) is 20.2 Å². The summed E-state index contributed by atoms with van der Waals surface area (Å²) in [7, 11) is 1.59. The van der Waals surface area contributed by atoms with E-state index >= 15 is 0 Å². The molecule has 2 aromatic carbocycles. The van der Waals surface area contributed by atoms with Gasteiger partial charge in [0, 0.05) is 24.4 Å². The van der Waals surface area contributed by atoms with Crippen LogP contribution in [-0.2, 0) is 6.54 Å². The van der Waals surface area contributed by atoms with E-state index in [2.05, 4.69) is 15.3 Å². The molecule has 0 bridgehead atoms. The summed E-state index contributed by atoms with van der Waals surface area (Å²) in [5.41, 5.74) is 8.38. The van der Waals surface area contributed by atoms with Gasteiger partial charge < -0.3 is 15.8 Å². The molecule has 164 valence electrons. The molecule has 0 aliphatic heterocycles. The van der Waals surface area contributed by atoms with Crippen LogP contribution in [0.15, 0.2) is 70.4 Å². The molecule has 0 aliphatic carbocycles. The van der Waals surface area contributed by atoms with Crippen molar-refractivity contribution in [2.24, 2.45) is 5.73 Å². The molecule has 8 nitrogen and oxygen atoms in total. The van der Waals surface area contributed by atoms with Crippen molar-refractivity contribution < 1.29 is 4.74 Å². The molecule has 2 heterocycles. The van der Waals surface area contributed by atoms with E-state index in [9.17, 15) is 9.59 Å². The second kappa shape index (κ2) is 9.59. The summed E-state index contributed by atoms with van der Waals surface area (Å²) in [6, 6.07) is 16.3. The van der Waals surface area contributed by atoms with Crippen LogP contribution in [0.2, 0.25) is 0 Å². The molecule has 8 heteroatoms. The molecule has 0 amide bonds. The second-order valence-electron chi connectivity index (χ2n) is 7.41. The summed E-state index contributed by atoms with van der Waals surface area (Å²) in [4.78, 5) is 32.7. The Hall–Kier alpha value is -3.75. The number of aromatic amines is 1. The average Bonchev–Trinajstić information content (AvgIpc) is 2.82. The van der Waals surface area contributed by atoms with Gasteiger partial charge >= 0.3 is 0 Å². The van der Waals surface area contributed by atoms with Gasteiger partial charge in [0.05, 0.1) is 18.4 Å². The number of hydrogen-bond acceptors (Lipinski definition) is 6. The van der Waals surface area contributed by atoms with Gasteiger partial charge in [0.25, 0.3) is 11.1 Å². The van der Waals surface area contributed by atoms with E-state index in [1.165, 1.54) is 16.7 Å². The summed E-state index contributed by atoms with van der Waals surface area (Å²) >= 11 is 0. The van der Waals surface area contributed by atoms with Gasteiger partial charge in [-0.1, -0.05) is 24.3 Å². The van der Waals surface area contributed by atoms with E-state index in [1.54, 1.807) is 19.2 Å². The largest absolute Gasteiger partial charge is 0.497 e. The van der Waals surface area contributed by atoms with Crippen molar-refractivity contribution in [3.63, 3.8) is 0 Å². The van der Waals surface area contributed by atoms with Crippen molar-refractivity contribution in [3.8, 4) is 28.1 Å². The zero-order chi connectivity index (χ0) is 22.5. The third kappa shape index (κ3) is 4.61. The molecular formula is C24H25N5O3. The normalized spacial score (nSPS) is 11.1. The molecular weight excluding hydrogens is 406 g/mol. The third-order valence-electron chi connectivity index (χ3n) is 5.22. The van der Waals surface area contributed by atoms with Gasteiger partial charge in [0.2, 0.25) is 5.78 Å². The predicted octanol–water partition coefficient (Wildman–Crippen LogP) is 2.16. The maximum Gasteiger partial charge on any atom is 0.260 e. The standard InChI is InChI=1S/C24H25N5O3/c1-32-19-9-7-18(8-10-19)21-13-22(30)29-15-20(23(31)28-24(29)27-21)17-5-3-16(4-6-17)14-26-12-2-11-25/h3-10,13,15,26H,2,11-12,14,25H2,1H3,(H,27,28,31). The van der Waals surface area contributed by atoms with Gasteiger partial charge in [0.15, 0.2) is 0 Å². The molecule has 0 saturated carbocycles. The lowest BCUT2D eigenvalue weighted by Gasteiger charge is -2.08. The van der Waals surface area contributed by atoms with Gasteiger partial charge in [-0.2, -0.15) is 0 Å². The molecule has 32 heavy (non-hydrogen) atoms. The topological polar surface area (TPSA) is 115 Å². The summed E-state index contributed by atoms with van der Waals surface area (Å²) in [6.45, 7) is 2.25. The fourth-order valence-electron chi connectivity index (χ4n) is 3.44. The number of ether oxygens (including phenoxy) is 1. The predicted molar refractivity (Wildman–Crippen MR) is 125 cm³/mol. The lowest BCUT2D eigenvalue weighted by atomic mass is 10.1. The van der Waals surface area contributed by atoms with E-state index in [4.69, 9.17) is 10.5 Å². The van der Waals surface area contributed by atoms with E-state index in [0.717, 1.165) is 36.2 Å². The maximum atomic E-state index is 12.8. The number of benzene rings is 2. The van der Waals surface area contributed by atoms with Gasteiger partial charge in [0.1, 0.15) is 5.75 Å². The Morgan fingerprint density at radius 3 is 2.47 bits per heavy atom. The Kier molecular flexibility index (Phi) is 6.44. The molecule has 2 aromatic heterocycles. The number of nitrogens with zero attached hydrogens (tertiary/aromatic N) is 2. The van der Waals surface area contributed by atoms with Crippen LogP contribution in [-0.4, -0.2) is 34.6 Å². The van der Waals surface area contributed by atoms with Crippen LogP contribution in [0.25, 0.3) is 28.2 Å². The van der Waals surface area contributed by atoms with Crippen molar-refractivity contribution in [2.45, 2.75) is 13.0 Å². The lowest BCUT2D eigenvalue weighted by Crippen LogP contribution is -2.21. The first-order chi connectivity index (χ1) is 15.6. The first-order valence-corrected chi connectivity index (χ1v) is 10.4. The number of methoxy groups -OCH3 is 1. The molecule has 0 fully saturated rings. The highest BCUT2D eigenvalue weighted by molar-refractivity contribution is 5.65. The fourth-order valence-corrected chi connectivity index (χ4v) is 3.44. The Bertz CT molecular complexity index is 1330. The van der Waals surface area contributed by atoms with E-state index in [0.29, 0.717) is 23.6 Å². The van der Waals surface area contributed by atoms with Crippen LogP contribution in [0.3, 0.4) is 0 Å². The van der Waals surface area contributed by atoms with Crippen molar-refractivity contribution in [3.05, 3.63) is 87.1 Å². The molecule has 0 atom stereocenters. The minimum atomic E-state index is -0.308. The molecule has 4 N–H and O–H groups in total. The fraction of sp³-hybridized carbons (Fsp3) is 0.208. The summed E-state index contributed by atoms with van der Waals surface area (Å²) in [5, 5.41) is 3.32. The number of H-pyrrole nitrogens is 1. The van der Waals surface area contributed by atoms with Gasteiger partial charge in [-0.05, 0) is 54.9 Å². The van der Waals surface area contributed by atoms with Gasteiger partial charge in [-0.3, -0.25) is 19.0 Å². The first-order valence-electron chi connectivity index (χ1n) is 10.4. The van der Waals surface area contributed by atoms with E-state index < -0.39 is 0 Å². The summed E-state index contributed by atoms with van der Waals surface area (Å²) in [6.07, 6.45) is 2.46. The van der Waals surface area contributed by atoms with Crippen molar-refractivity contribution >= 4 is 5.78 Å². The quantitative estimate of drug-likeness (QED) is 0.369. The van der Waals surface area contributed by atoms with Crippen LogP contribution >= 0.6 is 0 Å². The average molecular weight is 431 g/mol. The number of aromatic nitrogens is 3. The summed E-state index contributed by atoms with van der Waals surface area (Å²) in [5.74, 6) is 0.902. The molecule has 0 unspecified atom stereocenters. The first kappa shape index (κ1) is 21.5. The van der Waals surface area contributed by atoms with E-state index in [1.807, 2.05) is 36.4 Å². The molecule has 0 radical (unpaired) electrons. The number of nitrogens with one attached hydrogen (secondary N) is 2. The van der Waals surface area contributed by atoms with Gasteiger partial charge in [-0.15, -0.1) is 0 Å². The Morgan fingerprint density at radius 1 is 1.06 bits per heavy atom. The Labute approximate surface area is 184 Å². The smallest absolute Gasteiger partial charge is 0.260 e. The van der Waals surface area contributed by atoms with Crippen LogP contribution in [0.4, 0.5) is 0 Å². The van der Waals surface area contributed by atoms with Crippen LogP contribution in [0, 0.1) is 0 Å². The Morgan fingerprint density at radius 2 is 1.78 bits per heavy atom. The highest BCUT2D eigenvalue weighted by atomic mass is 16.5. The van der Waals surface area contributed by atoms with Crippen molar-refractivity contribution in [1.29, 1.82) is 0 Å². The molecule has 0 aliphatic rings. The number of fused-ring (bicyclic) bond motifs is 1. The SMILES string of the molecule is COc1ccc(-c2cc(=O)n3cc(-c4ccc(CNCCCN)cc4)c(=O)[nH]c3n2)cc1. The minimum Gasteiger partial charge on any atom is -0.497 e. The molecule has 0 spiro atoms. The number of nitrogens with two attached hydrogens (primary N) is 1. The molecule has 4 rings (SSSR count). The third-order valence-corrected chi connectivity index (χ3v) is 5.22. The van der Waals surface area contributed by atoms with Crippen LogP contribution < -0.4 is 26.9 Å². The van der Waals surface area contributed by atoms with Crippen LogP contribution in [0.5, 0.6) is 5.75 Å². The lowest BCUT2D eigenvalue weighted by molar-refractivity contribution is 0.415. The minimum absolute atomic E-state index is 0.192. The zero-order valence-corrected chi connectivity index (χ0v) is 17.8. The number of rotatable bonds is 8. The van der Waals surface area contributed by atoms with Gasteiger partial charge in [-0.25, -0.2) is 4.98 Å². The highest BCUT2D eigenvalue weighted by Gasteiger charge is 2.10. The summed E-state index contributed by atoms with van der Waals surface area (Å²) < 4.78 is 6.52. The maximum absolute atomic E-state index is 12.8. The Balaban J connectivity index is 1.64. The number of hydrogen-bond donors (Lipinski definition) is 3. The van der Waals surface area contributed by atoms with E-state index in [-0.39, 0.29) is 16.9 Å².